The van der Waals surface area contributed by atoms with Gasteiger partial charge in [0.1, 0.15) is 12.1 Å². The highest BCUT2D eigenvalue weighted by molar-refractivity contribution is 7.90. The largest absolute Gasteiger partial charge is 0.399 e. The summed E-state index contributed by atoms with van der Waals surface area (Å²) in [6.45, 7) is 3.97. The molecule has 3 amide bonds. The summed E-state index contributed by atoms with van der Waals surface area (Å²) in [4.78, 5) is 55.8. The van der Waals surface area contributed by atoms with E-state index in [1.807, 2.05) is 13.8 Å². The number of ketones is 1. The molecule has 2 heterocycles. The number of nitrogens with zero attached hydrogens (tertiary/aromatic N) is 2. The lowest BCUT2D eigenvalue weighted by Gasteiger charge is -2.29. The molecule has 2 aliphatic heterocycles. The van der Waals surface area contributed by atoms with Crippen LogP contribution in [0.4, 0.5) is 5.69 Å². The minimum absolute atomic E-state index is 0.0158. The molecule has 2 saturated heterocycles. The highest BCUT2D eigenvalue weighted by Gasteiger charge is 2.52. The van der Waals surface area contributed by atoms with Crippen LogP contribution in [0.25, 0.3) is 0 Å². The normalized spacial score (nSPS) is 19.9. The highest BCUT2D eigenvalue weighted by Crippen LogP contribution is 2.32. The molecule has 38 heavy (non-hydrogen) atoms. The van der Waals surface area contributed by atoms with Gasteiger partial charge in [-0.3, -0.25) is 19.2 Å². The van der Waals surface area contributed by atoms with Crippen molar-refractivity contribution in [1.29, 1.82) is 0 Å². The number of fused-ring (bicyclic) bond motifs is 1. The molecule has 0 unspecified atom stereocenters. The number of amides is 3. The van der Waals surface area contributed by atoms with Gasteiger partial charge in [0.05, 0.1) is 17.5 Å². The Labute approximate surface area is 222 Å². The summed E-state index contributed by atoms with van der Waals surface area (Å²) in [7, 11) is -3.51. The number of hydrogen-bond acceptors (Lipinski definition) is 7. The van der Waals surface area contributed by atoms with Crippen molar-refractivity contribution >= 4 is 39.0 Å². The fourth-order valence-corrected chi connectivity index (χ4v) is 5.80. The van der Waals surface area contributed by atoms with Crippen LogP contribution in [0.15, 0.2) is 53.4 Å². The van der Waals surface area contributed by atoms with Crippen LogP contribution < -0.4 is 11.1 Å². The van der Waals surface area contributed by atoms with Gasteiger partial charge in [-0.2, -0.15) is 0 Å². The van der Waals surface area contributed by atoms with Crippen LogP contribution in [0.3, 0.4) is 0 Å². The quantitative estimate of drug-likeness (QED) is 0.506. The van der Waals surface area contributed by atoms with Crippen molar-refractivity contribution in [3.63, 3.8) is 0 Å². The first-order valence-corrected chi connectivity index (χ1v) is 14.4. The molecule has 0 radical (unpaired) electrons. The smallest absolute Gasteiger partial charge is 0.254 e. The van der Waals surface area contributed by atoms with Crippen molar-refractivity contribution in [3.05, 3.63) is 59.7 Å². The molecule has 4 rings (SSSR count). The Balaban J connectivity index is 1.53. The first kappa shape index (κ1) is 27.3. The van der Waals surface area contributed by atoms with Crippen LogP contribution in [0.5, 0.6) is 0 Å². The molecule has 3 atom stereocenters. The van der Waals surface area contributed by atoms with Crippen LogP contribution in [-0.4, -0.2) is 79.2 Å². The molecular weight excluding hydrogens is 508 g/mol. The van der Waals surface area contributed by atoms with Gasteiger partial charge in [0.2, 0.25) is 5.91 Å². The second-order valence-electron chi connectivity index (χ2n) is 10.3. The third kappa shape index (κ3) is 5.57. The minimum atomic E-state index is -3.51. The lowest BCUT2D eigenvalue weighted by Crippen LogP contribution is -2.53. The van der Waals surface area contributed by atoms with E-state index < -0.39 is 39.8 Å². The van der Waals surface area contributed by atoms with Gasteiger partial charge in [-0.1, -0.05) is 19.9 Å². The average molecular weight is 541 g/mol. The average Bonchev–Trinajstić information content (AvgIpc) is 3.43. The Morgan fingerprint density at radius 1 is 1.05 bits per heavy atom. The van der Waals surface area contributed by atoms with Crippen molar-refractivity contribution in [1.82, 2.24) is 15.1 Å². The number of sulfone groups is 1. The van der Waals surface area contributed by atoms with E-state index in [9.17, 15) is 27.6 Å². The number of nitrogens with two attached hydrogens (primary N) is 1. The van der Waals surface area contributed by atoms with Crippen molar-refractivity contribution in [2.24, 2.45) is 5.92 Å². The summed E-state index contributed by atoms with van der Waals surface area (Å²) < 4.78 is 23.9. The van der Waals surface area contributed by atoms with E-state index in [0.29, 0.717) is 24.1 Å². The van der Waals surface area contributed by atoms with Crippen molar-refractivity contribution in [3.8, 4) is 0 Å². The van der Waals surface area contributed by atoms with Crippen molar-refractivity contribution in [2.45, 2.75) is 49.7 Å². The van der Waals surface area contributed by atoms with E-state index >= 15 is 0 Å². The molecule has 0 aliphatic carbocycles. The van der Waals surface area contributed by atoms with Gasteiger partial charge >= 0.3 is 0 Å². The number of anilines is 1. The van der Waals surface area contributed by atoms with E-state index in [1.165, 1.54) is 34.1 Å². The predicted molar refractivity (Wildman–Crippen MR) is 141 cm³/mol. The standard InChI is InChI=1S/C27H32N4O6S/c1-16(2)13-21(29-25(33)17-7-9-19(28)10-8-17)27(35)30-12-11-22-24(30)23(32)15-31(22)26(34)18-5-4-6-20(14-18)38(3,36)37/h4-10,14,16,21-22,24H,11-13,15,28H2,1-3H3,(H,29,33)/t21-,22+,24-/m0/s1. The zero-order chi connectivity index (χ0) is 27.8. The zero-order valence-electron chi connectivity index (χ0n) is 21.6. The summed E-state index contributed by atoms with van der Waals surface area (Å²) in [5, 5.41) is 2.82. The minimum Gasteiger partial charge on any atom is -0.399 e. The Hall–Kier alpha value is -3.73. The lowest BCUT2D eigenvalue weighted by molar-refractivity contribution is -0.138. The summed E-state index contributed by atoms with van der Waals surface area (Å²) in [6.07, 6.45) is 1.84. The van der Waals surface area contributed by atoms with Crippen LogP contribution in [-0.2, 0) is 19.4 Å². The van der Waals surface area contributed by atoms with E-state index in [4.69, 9.17) is 5.73 Å². The number of carbonyl (C=O) groups is 4. The number of hydrogen-bond donors (Lipinski definition) is 2. The maximum absolute atomic E-state index is 13.7. The molecule has 2 aliphatic rings. The number of nitrogen functional groups attached to an aromatic ring is 1. The van der Waals surface area contributed by atoms with E-state index in [2.05, 4.69) is 5.32 Å². The molecule has 2 aromatic carbocycles. The van der Waals surface area contributed by atoms with Crippen LogP contribution >= 0.6 is 0 Å². The Kier molecular flexibility index (Phi) is 7.59. The van der Waals surface area contributed by atoms with Gasteiger partial charge in [0.15, 0.2) is 15.6 Å². The van der Waals surface area contributed by atoms with Gasteiger partial charge in [-0.05, 0) is 61.2 Å². The van der Waals surface area contributed by atoms with E-state index in [-0.39, 0.29) is 41.2 Å². The topological polar surface area (TPSA) is 147 Å². The van der Waals surface area contributed by atoms with Gasteiger partial charge in [-0.15, -0.1) is 0 Å². The monoisotopic (exact) mass is 540 g/mol. The zero-order valence-corrected chi connectivity index (χ0v) is 22.4. The van der Waals surface area contributed by atoms with Crippen LogP contribution in [0.2, 0.25) is 0 Å². The molecule has 2 aromatic rings. The Bertz CT molecular complexity index is 1370. The Morgan fingerprint density at radius 3 is 2.37 bits per heavy atom. The first-order valence-electron chi connectivity index (χ1n) is 12.5. The predicted octanol–water partition coefficient (Wildman–Crippen LogP) is 1.51. The summed E-state index contributed by atoms with van der Waals surface area (Å²) in [5.41, 5.74) is 6.75. The summed E-state index contributed by atoms with van der Waals surface area (Å²) in [5.74, 6) is -1.41. The molecule has 2 fully saturated rings. The van der Waals surface area contributed by atoms with Gasteiger partial charge in [-0.25, -0.2) is 8.42 Å². The molecule has 0 aromatic heterocycles. The van der Waals surface area contributed by atoms with E-state index in [0.717, 1.165) is 6.26 Å². The highest BCUT2D eigenvalue weighted by atomic mass is 32.2. The number of likely N-dealkylation sites (tertiary alicyclic amines) is 2. The van der Waals surface area contributed by atoms with Crippen LogP contribution in [0.1, 0.15) is 47.4 Å². The fourth-order valence-electron chi connectivity index (χ4n) is 5.13. The summed E-state index contributed by atoms with van der Waals surface area (Å²) >= 11 is 0. The van der Waals surface area contributed by atoms with E-state index in [1.54, 1.807) is 24.3 Å². The first-order chi connectivity index (χ1) is 17.9. The van der Waals surface area contributed by atoms with Gasteiger partial charge in [0.25, 0.3) is 11.8 Å². The Morgan fingerprint density at radius 2 is 1.74 bits per heavy atom. The number of benzene rings is 2. The summed E-state index contributed by atoms with van der Waals surface area (Å²) in [6, 6.07) is 9.91. The fraction of sp³-hybridized carbons (Fsp3) is 0.407. The second-order valence-corrected chi connectivity index (χ2v) is 12.3. The van der Waals surface area contributed by atoms with Crippen LogP contribution in [0, 0.1) is 5.92 Å². The van der Waals surface area contributed by atoms with Crippen molar-refractivity contribution < 1.29 is 27.6 Å². The molecule has 202 valence electrons. The maximum Gasteiger partial charge on any atom is 0.254 e. The number of nitrogens with one attached hydrogen (secondary N) is 1. The molecule has 0 saturated carbocycles. The third-order valence-electron chi connectivity index (χ3n) is 6.96. The molecule has 0 bridgehead atoms. The number of Topliss-reactive ketones (excluding diaryl/α,β-unsaturated/α-hetero) is 1. The molecule has 0 spiro atoms. The molecule has 3 N–H and O–H groups in total. The number of rotatable bonds is 7. The SMILES string of the molecule is CC(C)C[C@H](NC(=O)c1ccc(N)cc1)C(=O)N1CC[C@@H]2[C@H]1C(=O)CN2C(=O)c1cccc(S(C)(=O)=O)c1. The third-order valence-corrected chi connectivity index (χ3v) is 8.07. The maximum atomic E-state index is 13.7. The second kappa shape index (κ2) is 10.6. The van der Waals surface area contributed by atoms with Gasteiger partial charge in [0, 0.05) is 29.6 Å². The van der Waals surface area contributed by atoms with Gasteiger partial charge < -0.3 is 20.9 Å². The lowest BCUT2D eigenvalue weighted by atomic mass is 10.0. The number of carbonyl (C=O) groups excluding carboxylic acids is 4. The van der Waals surface area contributed by atoms with Crippen molar-refractivity contribution in [2.75, 3.05) is 25.1 Å². The molecule has 10 nitrogen and oxygen atoms in total. The molecular formula is C27H32N4O6S. The molecule has 11 heteroatoms.